The number of anilines is 1. The van der Waals surface area contributed by atoms with Crippen molar-refractivity contribution < 1.29 is 4.79 Å². The molecule has 0 saturated heterocycles. The predicted molar refractivity (Wildman–Crippen MR) is 79.3 cm³/mol. The molecule has 1 aromatic rings. The zero-order valence-electron chi connectivity index (χ0n) is 12.0. The van der Waals surface area contributed by atoms with Gasteiger partial charge in [0, 0.05) is 23.8 Å². The Morgan fingerprint density at radius 3 is 2.63 bits per heavy atom. The summed E-state index contributed by atoms with van der Waals surface area (Å²) < 4.78 is 0. The van der Waals surface area contributed by atoms with E-state index in [0.29, 0.717) is 6.04 Å². The molecule has 0 bridgehead atoms. The van der Waals surface area contributed by atoms with E-state index in [1.54, 1.807) is 6.92 Å². The van der Waals surface area contributed by atoms with Crippen LogP contribution in [0.15, 0.2) is 12.1 Å². The first-order chi connectivity index (χ1) is 9.08. The first-order valence-electron chi connectivity index (χ1n) is 7.21. The van der Waals surface area contributed by atoms with Gasteiger partial charge in [-0.15, -0.1) is 0 Å². The number of hydrogen-bond donors (Lipinski definition) is 2. The van der Waals surface area contributed by atoms with Crippen molar-refractivity contribution in [3.05, 3.63) is 28.8 Å². The summed E-state index contributed by atoms with van der Waals surface area (Å²) in [5.74, 6) is 0.0991. The molecule has 0 aromatic heterocycles. The number of nitrogens with one attached hydrogen (secondary N) is 1. The average molecular weight is 260 g/mol. The first-order valence-corrected chi connectivity index (χ1v) is 7.21. The van der Waals surface area contributed by atoms with E-state index in [-0.39, 0.29) is 5.78 Å². The van der Waals surface area contributed by atoms with Crippen LogP contribution in [0, 0.1) is 6.92 Å². The van der Waals surface area contributed by atoms with Crippen LogP contribution in [-0.4, -0.2) is 11.8 Å². The number of hydrogen-bond acceptors (Lipinski definition) is 3. The Labute approximate surface area is 115 Å². The lowest BCUT2D eigenvalue weighted by Crippen LogP contribution is -2.30. The van der Waals surface area contributed by atoms with E-state index in [2.05, 4.69) is 5.32 Å². The van der Waals surface area contributed by atoms with Gasteiger partial charge in [0.05, 0.1) is 0 Å². The van der Waals surface area contributed by atoms with Gasteiger partial charge in [-0.05, 0) is 49.9 Å². The maximum absolute atomic E-state index is 11.5. The van der Waals surface area contributed by atoms with Gasteiger partial charge in [-0.2, -0.15) is 0 Å². The van der Waals surface area contributed by atoms with Gasteiger partial charge in [0.25, 0.3) is 0 Å². The lowest BCUT2D eigenvalue weighted by Gasteiger charge is -2.23. The normalized spacial score (nSPS) is 16.5. The number of carbonyl (C=O) groups excluding carboxylic acids is 1. The van der Waals surface area contributed by atoms with Crippen LogP contribution in [0.4, 0.5) is 5.69 Å². The molecule has 0 heterocycles. The van der Waals surface area contributed by atoms with Crippen molar-refractivity contribution in [3.8, 4) is 0 Å². The van der Waals surface area contributed by atoms with Crippen LogP contribution < -0.4 is 11.1 Å². The molecule has 19 heavy (non-hydrogen) atoms. The third-order valence-corrected chi connectivity index (χ3v) is 4.07. The molecule has 1 fully saturated rings. The minimum Gasteiger partial charge on any atom is -0.398 e. The zero-order chi connectivity index (χ0) is 13.8. The summed E-state index contributed by atoms with van der Waals surface area (Å²) in [7, 11) is 0. The number of rotatable bonds is 4. The number of nitrogen functional groups attached to an aromatic ring is 1. The molecule has 1 aromatic carbocycles. The Bertz CT molecular complexity index is 462. The summed E-state index contributed by atoms with van der Waals surface area (Å²) in [6.45, 7) is 4.33. The number of nitrogens with two attached hydrogens (primary N) is 1. The van der Waals surface area contributed by atoms with E-state index < -0.39 is 0 Å². The van der Waals surface area contributed by atoms with E-state index >= 15 is 0 Å². The van der Waals surface area contributed by atoms with Crippen molar-refractivity contribution in [2.24, 2.45) is 0 Å². The van der Waals surface area contributed by atoms with Gasteiger partial charge in [-0.3, -0.25) is 4.79 Å². The van der Waals surface area contributed by atoms with Crippen molar-refractivity contribution in [3.63, 3.8) is 0 Å². The molecular weight excluding hydrogens is 236 g/mol. The Hall–Kier alpha value is -1.35. The summed E-state index contributed by atoms with van der Waals surface area (Å²) in [4.78, 5) is 11.5. The van der Waals surface area contributed by atoms with Crippen molar-refractivity contribution >= 4 is 11.5 Å². The van der Waals surface area contributed by atoms with E-state index in [1.807, 2.05) is 19.1 Å². The lowest BCUT2D eigenvalue weighted by atomic mass is 9.95. The zero-order valence-corrected chi connectivity index (χ0v) is 12.0. The molecule has 0 atom stereocenters. The largest absolute Gasteiger partial charge is 0.398 e. The number of benzene rings is 1. The number of ketones is 1. The van der Waals surface area contributed by atoms with E-state index in [9.17, 15) is 4.79 Å². The highest BCUT2D eigenvalue weighted by atomic mass is 16.1. The molecule has 3 nitrogen and oxygen atoms in total. The summed E-state index contributed by atoms with van der Waals surface area (Å²) in [5, 5.41) is 3.58. The van der Waals surface area contributed by atoms with Crippen molar-refractivity contribution in [1.82, 2.24) is 5.32 Å². The van der Waals surface area contributed by atoms with Gasteiger partial charge >= 0.3 is 0 Å². The SMILES string of the molecule is CC(=O)c1cc(C)c(N)c(CNC2CCCCC2)c1. The third kappa shape index (κ3) is 3.57. The molecule has 0 spiro atoms. The summed E-state index contributed by atoms with van der Waals surface area (Å²) >= 11 is 0. The lowest BCUT2D eigenvalue weighted by molar-refractivity contribution is 0.101. The van der Waals surface area contributed by atoms with Crippen LogP contribution in [-0.2, 0) is 6.54 Å². The fraction of sp³-hybridized carbons (Fsp3) is 0.562. The number of aryl methyl sites for hydroxylation is 1. The van der Waals surface area contributed by atoms with Crippen LogP contribution >= 0.6 is 0 Å². The van der Waals surface area contributed by atoms with Crippen LogP contribution in [0.2, 0.25) is 0 Å². The van der Waals surface area contributed by atoms with E-state index in [4.69, 9.17) is 5.73 Å². The number of carbonyl (C=O) groups is 1. The van der Waals surface area contributed by atoms with Gasteiger partial charge in [-0.1, -0.05) is 19.3 Å². The molecule has 0 amide bonds. The molecule has 0 radical (unpaired) electrons. The molecule has 3 heteroatoms. The van der Waals surface area contributed by atoms with Crippen LogP contribution in [0.1, 0.15) is 60.5 Å². The standard InChI is InChI=1S/C16H24N2O/c1-11-8-13(12(2)19)9-14(16(11)17)10-18-15-6-4-3-5-7-15/h8-9,15,18H,3-7,10,17H2,1-2H3. The smallest absolute Gasteiger partial charge is 0.159 e. The molecule has 104 valence electrons. The van der Waals surface area contributed by atoms with Crippen LogP contribution in [0.3, 0.4) is 0 Å². The molecular formula is C16H24N2O. The highest BCUT2D eigenvalue weighted by molar-refractivity contribution is 5.95. The maximum atomic E-state index is 11.5. The van der Waals surface area contributed by atoms with Crippen LogP contribution in [0.5, 0.6) is 0 Å². The average Bonchev–Trinajstić information content (AvgIpc) is 2.41. The molecule has 0 unspecified atom stereocenters. The minimum atomic E-state index is 0.0991. The monoisotopic (exact) mass is 260 g/mol. The molecule has 2 rings (SSSR count). The third-order valence-electron chi connectivity index (χ3n) is 4.07. The molecule has 1 saturated carbocycles. The quantitative estimate of drug-likeness (QED) is 0.645. The maximum Gasteiger partial charge on any atom is 0.159 e. The van der Waals surface area contributed by atoms with Gasteiger partial charge in [-0.25, -0.2) is 0 Å². The second kappa shape index (κ2) is 6.20. The summed E-state index contributed by atoms with van der Waals surface area (Å²) in [5.41, 5.74) is 9.73. The Kier molecular flexibility index (Phi) is 4.59. The minimum absolute atomic E-state index is 0.0991. The highest BCUT2D eigenvalue weighted by Gasteiger charge is 2.14. The predicted octanol–water partition coefficient (Wildman–Crippen LogP) is 3.20. The fourth-order valence-corrected chi connectivity index (χ4v) is 2.78. The van der Waals surface area contributed by atoms with Gasteiger partial charge in [0.1, 0.15) is 0 Å². The summed E-state index contributed by atoms with van der Waals surface area (Å²) in [6, 6.07) is 4.41. The second-order valence-electron chi connectivity index (χ2n) is 5.64. The molecule has 1 aliphatic rings. The van der Waals surface area contributed by atoms with Crippen LogP contribution in [0.25, 0.3) is 0 Å². The van der Waals surface area contributed by atoms with Crippen molar-refractivity contribution in [2.75, 3.05) is 5.73 Å². The second-order valence-corrected chi connectivity index (χ2v) is 5.64. The first kappa shape index (κ1) is 14.1. The Morgan fingerprint density at radius 2 is 2.00 bits per heavy atom. The molecule has 1 aliphatic carbocycles. The number of Topliss-reactive ketones (excluding diaryl/α,β-unsaturated/α-hetero) is 1. The molecule has 0 aliphatic heterocycles. The molecule has 3 N–H and O–H groups in total. The van der Waals surface area contributed by atoms with Gasteiger partial charge < -0.3 is 11.1 Å². The Balaban J connectivity index is 2.08. The van der Waals surface area contributed by atoms with Crippen molar-refractivity contribution in [1.29, 1.82) is 0 Å². The Morgan fingerprint density at radius 1 is 1.32 bits per heavy atom. The topological polar surface area (TPSA) is 55.1 Å². The summed E-state index contributed by atoms with van der Waals surface area (Å²) in [6.07, 6.45) is 6.51. The highest BCUT2D eigenvalue weighted by Crippen LogP contribution is 2.22. The van der Waals surface area contributed by atoms with E-state index in [1.165, 1.54) is 32.1 Å². The van der Waals surface area contributed by atoms with Gasteiger partial charge in [0.15, 0.2) is 5.78 Å². The fourth-order valence-electron chi connectivity index (χ4n) is 2.78. The van der Waals surface area contributed by atoms with Gasteiger partial charge in [0.2, 0.25) is 0 Å². The van der Waals surface area contributed by atoms with Crippen molar-refractivity contribution in [2.45, 2.75) is 58.5 Å². The van der Waals surface area contributed by atoms with E-state index in [0.717, 1.165) is 28.9 Å².